The third kappa shape index (κ3) is 6.10. The number of halogens is 1. The lowest BCUT2D eigenvalue weighted by Gasteiger charge is -2.11. The summed E-state index contributed by atoms with van der Waals surface area (Å²) < 4.78 is 6.24. The van der Waals surface area contributed by atoms with Gasteiger partial charge < -0.3 is 15.4 Å². The Kier molecular flexibility index (Phi) is 7.34. The van der Waals surface area contributed by atoms with Crippen LogP contribution in [0.5, 0.6) is 0 Å². The molecule has 1 heterocycles. The van der Waals surface area contributed by atoms with Gasteiger partial charge in [-0.3, -0.25) is 10.1 Å². The van der Waals surface area contributed by atoms with Gasteiger partial charge in [-0.15, -0.1) is 0 Å². The molecule has 0 amide bonds. The summed E-state index contributed by atoms with van der Waals surface area (Å²) in [5, 5.41) is 17.6. The highest BCUT2D eigenvalue weighted by atomic mass is 127. The van der Waals surface area contributed by atoms with E-state index < -0.39 is 10.9 Å². The van der Waals surface area contributed by atoms with Crippen LogP contribution in [-0.4, -0.2) is 27.5 Å². The average molecular weight is 533 g/mol. The highest BCUT2D eigenvalue weighted by molar-refractivity contribution is 14.1. The van der Waals surface area contributed by atoms with Crippen molar-refractivity contribution in [2.75, 3.05) is 17.2 Å². The molecule has 10 heteroatoms. The van der Waals surface area contributed by atoms with Gasteiger partial charge >= 0.3 is 11.7 Å². The van der Waals surface area contributed by atoms with Gasteiger partial charge in [-0.2, -0.15) is 0 Å². The number of aromatic nitrogens is 2. The van der Waals surface area contributed by atoms with Crippen LogP contribution in [0.2, 0.25) is 0 Å². The van der Waals surface area contributed by atoms with Gasteiger partial charge in [-0.1, -0.05) is 13.8 Å². The predicted octanol–water partition coefficient (Wildman–Crippen LogP) is 5.29. The third-order valence-electron chi connectivity index (χ3n) is 4.04. The van der Waals surface area contributed by atoms with E-state index in [2.05, 4.69) is 43.2 Å². The number of hydrogen-bond donors (Lipinski definition) is 2. The van der Waals surface area contributed by atoms with Crippen LogP contribution < -0.4 is 10.6 Å². The van der Waals surface area contributed by atoms with Crippen LogP contribution in [0.15, 0.2) is 54.9 Å². The minimum atomic E-state index is -0.547. The Bertz CT molecular complexity index is 1070. The zero-order valence-corrected chi connectivity index (χ0v) is 19.0. The third-order valence-corrected chi connectivity index (χ3v) is 4.76. The number of ether oxygens (including phenoxy) is 1. The molecule has 0 atom stereocenters. The number of carbonyl (C=O) groups is 1. The number of nitrogens with one attached hydrogen (secondary N) is 2. The molecule has 0 bridgehead atoms. The number of nitro groups is 1. The molecule has 160 valence electrons. The molecule has 0 saturated carbocycles. The smallest absolute Gasteiger partial charge is 0.353 e. The highest BCUT2D eigenvalue weighted by Gasteiger charge is 2.23. The molecule has 0 radical (unpaired) electrons. The summed E-state index contributed by atoms with van der Waals surface area (Å²) in [6, 6.07) is 13.8. The van der Waals surface area contributed by atoms with Crippen molar-refractivity contribution in [2.24, 2.45) is 5.92 Å². The standard InChI is InChI=1S/C21H20IN5O4/c1-13(2)11-31-21(28)14-3-7-16(8-4-14)25-19-18(27(29)30)20(24-12-23-19)26-17-9-5-15(22)6-10-17/h3-10,12-13H,11H2,1-2H3,(H2,23,24,25,26). The molecule has 9 nitrogen and oxygen atoms in total. The van der Waals surface area contributed by atoms with Crippen LogP contribution in [0, 0.1) is 19.6 Å². The van der Waals surface area contributed by atoms with Crippen molar-refractivity contribution in [2.45, 2.75) is 13.8 Å². The van der Waals surface area contributed by atoms with E-state index in [4.69, 9.17) is 4.74 Å². The Morgan fingerprint density at radius 2 is 1.55 bits per heavy atom. The number of anilines is 4. The lowest BCUT2D eigenvalue weighted by atomic mass is 10.2. The van der Waals surface area contributed by atoms with E-state index in [1.54, 1.807) is 36.4 Å². The summed E-state index contributed by atoms with van der Waals surface area (Å²) in [4.78, 5) is 31.3. The Hall–Kier alpha value is -3.28. The summed E-state index contributed by atoms with van der Waals surface area (Å²) in [5.41, 5.74) is 1.30. The van der Waals surface area contributed by atoms with E-state index >= 15 is 0 Å². The fraction of sp³-hybridized carbons (Fsp3) is 0.190. The molecular formula is C21H20IN5O4. The first-order valence-corrected chi connectivity index (χ1v) is 10.5. The average Bonchev–Trinajstić information content (AvgIpc) is 2.74. The van der Waals surface area contributed by atoms with Crippen LogP contribution >= 0.6 is 22.6 Å². The van der Waals surface area contributed by atoms with Gasteiger partial charge in [0.25, 0.3) is 0 Å². The molecule has 2 N–H and O–H groups in total. The molecule has 0 aliphatic carbocycles. The zero-order chi connectivity index (χ0) is 22.4. The second-order valence-electron chi connectivity index (χ2n) is 7.00. The van der Waals surface area contributed by atoms with Gasteiger partial charge in [0, 0.05) is 14.9 Å². The second-order valence-corrected chi connectivity index (χ2v) is 8.25. The first-order chi connectivity index (χ1) is 14.8. The Balaban J connectivity index is 1.80. The number of nitrogens with zero attached hydrogens (tertiary/aromatic N) is 3. The zero-order valence-electron chi connectivity index (χ0n) is 16.8. The van der Waals surface area contributed by atoms with Gasteiger partial charge in [-0.25, -0.2) is 14.8 Å². The molecule has 0 spiro atoms. The molecule has 0 unspecified atom stereocenters. The summed E-state index contributed by atoms with van der Waals surface area (Å²) in [5.74, 6) is -0.0801. The number of hydrogen-bond acceptors (Lipinski definition) is 8. The SMILES string of the molecule is CC(C)COC(=O)c1ccc(Nc2ncnc(Nc3ccc(I)cc3)c2[N+](=O)[O-])cc1. The molecule has 1 aromatic heterocycles. The molecule has 3 rings (SSSR count). The first-order valence-electron chi connectivity index (χ1n) is 9.39. The van der Waals surface area contributed by atoms with Crippen LogP contribution in [0.25, 0.3) is 0 Å². The van der Waals surface area contributed by atoms with E-state index in [-0.39, 0.29) is 23.2 Å². The molecule has 0 aliphatic heterocycles. The Morgan fingerprint density at radius 1 is 1.03 bits per heavy atom. The maximum absolute atomic E-state index is 12.0. The van der Waals surface area contributed by atoms with Crippen molar-refractivity contribution in [3.05, 3.63) is 74.1 Å². The van der Waals surface area contributed by atoms with Crippen molar-refractivity contribution >= 4 is 57.3 Å². The van der Waals surface area contributed by atoms with Gasteiger partial charge in [0.05, 0.1) is 17.1 Å². The highest BCUT2D eigenvalue weighted by Crippen LogP contribution is 2.33. The number of rotatable bonds is 8. The van der Waals surface area contributed by atoms with Gasteiger partial charge in [0.2, 0.25) is 11.6 Å². The minimum absolute atomic E-state index is 0.0307. The Labute approximate surface area is 192 Å². The minimum Gasteiger partial charge on any atom is -0.462 e. The summed E-state index contributed by atoms with van der Waals surface area (Å²) in [7, 11) is 0. The molecule has 0 saturated heterocycles. The quantitative estimate of drug-likeness (QED) is 0.174. The maximum Gasteiger partial charge on any atom is 0.353 e. The van der Waals surface area contributed by atoms with Crippen LogP contribution in [-0.2, 0) is 4.74 Å². The molecule has 31 heavy (non-hydrogen) atoms. The maximum atomic E-state index is 12.0. The number of esters is 1. The van der Waals surface area contributed by atoms with E-state index in [1.807, 2.05) is 26.0 Å². The van der Waals surface area contributed by atoms with Gasteiger partial charge in [0.1, 0.15) is 6.33 Å². The summed E-state index contributed by atoms with van der Waals surface area (Å²) in [6.45, 7) is 4.25. The van der Waals surface area contributed by atoms with E-state index in [9.17, 15) is 14.9 Å². The first kappa shape index (κ1) is 22.4. The second kappa shape index (κ2) is 10.2. The van der Waals surface area contributed by atoms with E-state index in [0.717, 1.165) is 3.57 Å². The van der Waals surface area contributed by atoms with Crippen molar-refractivity contribution in [1.82, 2.24) is 9.97 Å². The van der Waals surface area contributed by atoms with Crippen molar-refractivity contribution in [3.63, 3.8) is 0 Å². The normalized spacial score (nSPS) is 10.6. The van der Waals surface area contributed by atoms with Crippen LogP contribution in [0.1, 0.15) is 24.2 Å². The van der Waals surface area contributed by atoms with Gasteiger partial charge in [-0.05, 0) is 77.0 Å². The van der Waals surface area contributed by atoms with Gasteiger partial charge in [0.15, 0.2) is 0 Å². The van der Waals surface area contributed by atoms with Crippen molar-refractivity contribution < 1.29 is 14.5 Å². The molecule has 3 aromatic rings. The van der Waals surface area contributed by atoms with Crippen LogP contribution in [0.4, 0.5) is 28.7 Å². The number of benzene rings is 2. The van der Waals surface area contributed by atoms with Crippen LogP contribution in [0.3, 0.4) is 0 Å². The lowest BCUT2D eigenvalue weighted by Crippen LogP contribution is -2.10. The lowest BCUT2D eigenvalue weighted by molar-refractivity contribution is -0.383. The topological polar surface area (TPSA) is 119 Å². The summed E-state index contributed by atoms with van der Waals surface area (Å²) >= 11 is 2.18. The van der Waals surface area contributed by atoms with Crippen molar-refractivity contribution in [1.29, 1.82) is 0 Å². The van der Waals surface area contributed by atoms with E-state index in [0.29, 0.717) is 23.5 Å². The fourth-order valence-corrected chi connectivity index (χ4v) is 2.92. The molecule has 0 aliphatic rings. The largest absolute Gasteiger partial charge is 0.462 e. The molecule has 2 aromatic carbocycles. The number of carbonyl (C=O) groups excluding carboxylic acids is 1. The predicted molar refractivity (Wildman–Crippen MR) is 126 cm³/mol. The fourth-order valence-electron chi connectivity index (χ4n) is 2.56. The summed E-state index contributed by atoms with van der Waals surface area (Å²) in [6.07, 6.45) is 1.24. The van der Waals surface area contributed by atoms with Crippen molar-refractivity contribution in [3.8, 4) is 0 Å². The Morgan fingerprint density at radius 3 is 2.03 bits per heavy atom. The molecular weight excluding hydrogens is 513 g/mol. The molecule has 0 fully saturated rings. The van der Waals surface area contributed by atoms with E-state index in [1.165, 1.54) is 6.33 Å². The monoisotopic (exact) mass is 533 g/mol.